The van der Waals surface area contributed by atoms with Crippen LogP contribution < -0.4 is 0 Å². The number of rotatable bonds is 5. The van der Waals surface area contributed by atoms with Gasteiger partial charge in [-0.15, -0.1) is 0 Å². The summed E-state index contributed by atoms with van der Waals surface area (Å²) in [5, 5.41) is 5.66. The van der Waals surface area contributed by atoms with Crippen molar-refractivity contribution in [3.05, 3.63) is 194 Å². The van der Waals surface area contributed by atoms with Crippen LogP contribution in [0.3, 0.4) is 0 Å². The first kappa shape index (κ1) is 30.4. The predicted molar refractivity (Wildman–Crippen MR) is 225 cm³/mol. The summed E-state index contributed by atoms with van der Waals surface area (Å²) in [6, 6.07) is 69.0. The molecular weight excluding hydrogens is 657 g/mol. The van der Waals surface area contributed by atoms with Gasteiger partial charge in [0.15, 0.2) is 5.58 Å². The predicted octanol–water partition coefficient (Wildman–Crippen LogP) is 13.9. The lowest BCUT2D eigenvalue weighted by Crippen LogP contribution is -1.95. The van der Waals surface area contributed by atoms with Crippen molar-refractivity contribution in [3.8, 4) is 50.3 Å². The van der Waals surface area contributed by atoms with Crippen molar-refractivity contribution >= 4 is 54.6 Å². The minimum atomic E-state index is 0.835. The van der Waals surface area contributed by atoms with Crippen molar-refractivity contribution in [2.75, 3.05) is 0 Å². The average molecular weight is 689 g/mol. The molecule has 0 radical (unpaired) electrons. The Morgan fingerprint density at radius 2 is 0.963 bits per heavy atom. The van der Waals surface area contributed by atoms with Gasteiger partial charge in [0.2, 0.25) is 0 Å². The number of hydrogen-bond acceptors (Lipinski definition) is 2. The maximum absolute atomic E-state index is 6.95. The fraction of sp³-hybridized carbons (Fsp3) is 0. The number of nitrogens with zero attached hydrogens (tertiary/aromatic N) is 2. The molecule has 0 aliphatic carbocycles. The second-order valence-corrected chi connectivity index (χ2v) is 13.9. The second-order valence-electron chi connectivity index (χ2n) is 13.9. The van der Waals surface area contributed by atoms with Gasteiger partial charge in [0.05, 0.1) is 27.9 Å². The normalized spacial score (nSPS) is 11.7. The van der Waals surface area contributed by atoms with Gasteiger partial charge >= 0.3 is 0 Å². The molecule has 3 heteroatoms. The zero-order valence-electron chi connectivity index (χ0n) is 29.3. The van der Waals surface area contributed by atoms with Crippen LogP contribution in [0.25, 0.3) is 105 Å². The number of para-hydroxylation sites is 2. The molecule has 54 heavy (non-hydrogen) atoms. The Labute approximate surface area is 312 Å². The number of hydrogen-bond donors (Lipinski definition) is 0. The molecule has 252 valence electrons. The van der Waals surface area contributed by atoms with Crippen LogP contribution in [-0.2, 0) is 0 Å². The van der Waals surface area contributed by atoms with E-state index in [0.29, 0.717) is 0 Å². The molecule has 0 N–H and O–H groups in total. The van der Waals surface area contributed by atoms with Gasteiger partial charge in [-0.05, 0) is 69.8 Å². The number of furan rings is 1. The van der Waals surface area contributed by atoms with Crippen LogP contribution in [0.4, 0.5) is 0 Å². The maximum Gasteiger partial charge on any atom is 0.159 e. The Kier molecular flexibility index (Phi) is 6.86. The first-order valence-corrected chi connectivity index (χ1v) is 18.4. The Hall–Kier alpha value is -7.23. The fourth-order valence-electron chi connectivity index (χ4n) is 8.29. The minimum absolute atomic E-state index is 0.835. The number of benzene rings is 8. The monoisotopic (exact) mass is 688 g/mol. The molecule has 0 unspecified atom stereocenters. The van der Waals surface area contributed by atoms with E-state index in [4.69, 9.17) is 9.40 Å². The summed E-state index contributed by atoms with van der Waals surface area (Å²) in [6.45, 7) is 0. The molecule has 3 aromatic heterocycles. The maximum atomic E-state index is 6.95. The van der Waals surface area contributed by atoms with Crippen molar-refractivity contribution < 1.29 is 4.42 Å². The highest BCUT2D eigenvalue weighted by atomic mass is 16.3. The quantitative estimate of drug-likeness (QED) is 0.180. The number of aromatic nitrogens is 2. The van der Waals surface area contributed by atoms with Crippen LogP contribution in [0.2, 0.25) is 0 Å². The van der Waals surface area contributed by atoms with Gasteiger partial charge in [0.25, 0.3) is 0 Å². The third-order valence-corrected chi connectivity index (χ3v) is 10.8. The summed E-state index contributed by atoms with van der Waals surface area (Å²) in [7, 11) is 0. The first-order valence-electron chi connectivity index (χ1n) is 18.4. The molecule has 0 fully saturated rings. The van der Waals surface area contributed by atoms with E-state index in [-0.39, 0.29) is 0 Å². The van der Waals surface area contributed by atoms with E-state index in [9.17, 15) is 0 Å². The SMILES string of the molecule is c1ccc(-c2ccc3c4ccc(-c5ccccc5)cc4n(-c4cccc5c4oc4cccc(-c6cc(-c7ccccc7)c7ccccc7n6)c45)c3c2)cc1. The van der Waals surface area contributed by atoms with E-state index in [1.165, 1.54) is 38.6 Å². The van der Waals surface area contributed by atoms with E-state index in [0.717, 1.165) is 66.4 Å². The molecule has 0 saturated carbocycles. The summed E-state index contributed by atoms with van der Waals surface area (Å²) < 4.78 is 9.35. The molecule has 0 saturated heterocycles. The molecule has 11 rings (SSSR count). The highest BCUT2D eigenvalue weighted by molar-refractivity contribution is 6.17. The van der Waals surface area contributed by atoms with E-state index >= 15 is 0 Å². The zero-order valence-corrected chi connectivity index (χ0v) is 29.3. The standard InChI is InChI=1S/C51H32N2O/c1-4-14-33(15-5-1)36-26-28-39-40-29-27-37(34-16-6-2-7-17-34)31-48(40)53(47(39)30-36)46-24-12-22-42-50-41(21-13-25-49(50)54-51(42)46)45-32-43(35-18-8-3-9-19-35)38-20-10-11-23-44(38)52-45/h1-32H. The third-order valence-electron chi connectivity index (χ3n) is 10.8. The lowest BCUT2D eigenvalue weighted by atomic mass is 9.96. The Bertz CT molecular complexity index is 3100. The number of pyridine rings is 1. The summed E-state index contributed by atoms with van der Waals surface area (Å²) in [6.07, 6.45) is 0. The van der Waals surface area contributed by atoms with E-state index in [1.807, 2.05) is 0 Å². The molecule has 0 aliphatic rings. The molecule has 11 aromatic rings. The Morgan fingerprint density at radius 1 is 0.389 bits per heavy atom. The zero-order chi connectivity index (χ0) is 35.6. The largest absolute Gasteiger partial charge is 0.454 e. The summed E-state index contributed by atoms with van der Waals surface area (Å²) in [5.74, 6) is 0. The molecule has 3 nitrogen and oxygen atoms in total. The van der Waals surface area contributed by atoms with Crippen LogP contribution in [0.1, 0.15) is 0 Å². The lowest BCUT2D eigenvalue weighted by molar-refractivity contribution is 0.666. The van der Waals surface area contributed by atoms with Crippen molar-refractivity contribution in [2.45, 2.75) is 0 Å². The van der Waals surface area contributed by atoms with Gasteiger partial charge in [0, 0.05) is 32.5 Å². The van der Waals surface area contributed by atoms with Gasteiger partial charge in [-0.3, -0.25) is 0 Å². The first-order chi connectivity index (χ1) is 26.8. The minimum Gasteiger partial charge on any atom is -0.454 e. The topological polar surface area (TPSA) is 31.0 Å². The molecule has 0 spiro atoms. The summed E-state index contributed by atoms with van der Waals surface area (Å²) >= 11 is 0. The van der Waals surface area contributed by atoms with Crippen LogP contribution in [-0.4, -0.2) is 9.55 Å². The fourth-order valence-corrected chi connectivity index (χ4v) is 8.29. The van der Waals surface area contributed by atoms with Crippen LogP contribution in [0, 0.1) is 0 Å². The van der Waals surface area contributed by atoms with Gasteiger partial charge < -0.3 is 8.98 Å². The Balaban J connectivity index is 1.19. The summed E-state index contributed by atoms with van der Waals surface area (Å²) in [4.78, 5) is 5.25. The van der Waals surface area contributed by atoms with Crippen LogP contribution in [0.5, 0.6) is 0 Å². The highest BCUT2D eigenvalue weighted by Crippen LogP contribution is 2.43. The van der Waals surface area contributed by atoms with Crippen molar-refractivity contribution in [2.24, 2.45) is 0 Å². The highest BCUT2D eigenvalue weighted by Gasteiger charge is 2.21. The molecule has 0 atom stereocenters. The third kappa shape index (κ3) is 4.79. The smallest absolute Gasteiger partial charge is 0.159 e. The molecule has 0 aliphatic heterocycles. The van der Waals surface area contributed by atoms with Gasteiger partial charge in [-0.25, -0.2) is 4.98 Å². The average Bonchev–Trinajstić information content (AvgIpc) is 3.79. The molecule has 0 bridgehead atoms. The van der Waals surface area contributed by atoms with Gasteiger partial charge in [-0.1, -0.05) is 158 Å². The van der Waals surface area contributed by atoms with Crippen molar-refractivity contribution in [1.82, 2.24) is 9.55 Å². The van der Waals surface area contributed by atoms with E-state index in [2.05, 4.69) is 199 Å². The van der Waals surface area contributed by atoms with E-state index in [1.54, 1.807) is 0 Å². The molecule has 8 aromatic carbocycles. The molecular formula is C51H32N2O. The van der Waals surface area contributed by atoms with Gasteiger partial charge in [0.1, 0.15) is 5.58 Å². The van der Waals surface area contributed by atoms with Gasteiger partial charge in [-0.2, -0.15) is 0 Å². The molecule has 0 amide bonds. The number of fused-ring (bicyclic) bond motifs is 7. The second kappa shape index (κ2) is 12.2. The van der Waals surface area contributed by atoms with Crippen LogP contribution in [0.15, 0.2) is 199 Å². The summed E-state index contributed by atoms with van der Waals surface area (Å²) in [5.41, 5.74) is 14.9. The van der Waals surface area contributed by atoms with Crippen molar-refractivity contribution in [3.63, 3.8) is 0 Å². The van der Waals surface area contributed by atoms with E-state index < -0.39 is 0 Å². The Morgan fingerprint density at radius 3 is 1.63 bits per heavy atom. The lowest BCUT2D eigenvalue weighted by Gasteiger charge is -2.12. The molecule has 3 heterocycles. The van der Waals surface area contributed by atoms with Crippen molar-refractivity contribution in [1.29, 1.82) is 0 Å². The van der Waals surface area contributed by atoms with Crippen LogP contribution >= 0.6 is 0 Å².